The van der Waals surface area contributed by atoms with Gasteiger partial charge in [0.25, 0.3) is 0 Å². The fraction of sp³-hybridized carbons (Fsp3) is 0.222. The van der Waals surface area contributed by atoms with Gasteiger partial charge in [0.05, 0.1) is 4.43 Å². The Bertz CT molecular complexity index is 248. The molecule has 2 nitrogen and oxygen atoms in total. The van der Waals surface area contributed by atoms with Crippen LogP contribution in [0.1, 0.15) is 5.56 Å². The van der Waals surface area contributed by atoms with Gasteiger partial charge in [-0.2, -0.15) is 0 Å². The van der Waals surface area contributed by atoms with E-state index in [1.807, 2.05) is 52.9 Å². The quantitative estimate of drug-likeness (QED) is 0.660. The molecule has 12 heavy (non-hydrogen) atoms. The lowest BCUT2D eigenvalue weighted by molar-refractivity contribution is -0.118. The van der Waals surface area contributed by atoms with E-state index in [-0.39, 0.29) is 5.91 Å². The Balaban J connectivity index is 2.38. The van der Waals surface area contributed by atoms with Crippen LogP contribution in [-0.4, -0.2) is 10.3 Å². The second-order valence-electron chi connectivity index (χ2n) is 2.40. The molecule has 0 aromatic heterocycles. The van der Waals surface area contributed by atoms with E-state index in [0.717, 1.165) is 5.56 Å². The van der Waals surface area contributed by atoms with Crippen LogP contribution in [0.2, 0.25) is 0 Å². The highest BCUT2D eigenvalue weighted by Crippen LogP contribution is 1.97. The average molecular weight is 275 g/mol. The molecule has 0 bridgehead atoms. The van der Waals surface area contributed by atoms with E-state index in [1.54, 1.807) is 0 Å². The van der Waals surface area contributed by atoms with Crippen LogP contribution in [0.15, 0.2) is 30.3 Å². The zero-order valence-corrected chi connectivity index (χ0v) is 8.74. The van der Waals surface area contributed by atoms with Gasteiger partial charge in [0.15, 0.2) is 0 Å². The minimum atomic E-state index is 0.0828. The SMILES string of the molecule is O=C(CI)NCc1ccccc1. The molecule has 1 rings (SSSR count). The molecular weight excluding hydrogens is 265 g/mol. The molecule has 0 aliphatic rings. The molecule has 64 valence electrons. The zero-order valence-electron chi connectivity index (χ0n) is 6.59. The summed E-state index contributed by atoms with van der Waals surface area (Å²) in [4.78, 5) is 10.9. The predicted octanol–water partition coefficient (Wildman–Crippen LogP) is 1.74. The molecular formula is C9H10INO. The van der Waals surface area contributed by atoms with Gasteiger partial charge in [0.2, 0.25) is 5.91 Å². The van der Waals surface area contributed by atoms with Crippen molar-refractivity contribution in [2.75, 3.05) is 4.43 Å². The normalized spacial score (nSPS) is 9.42. The Kier molecular flexibility index (Phi) is 4.07. The van der Waals surface area contributed by atoms with Crippen LogP contribution in [0, 0.1) is 0 Å². The number of hydrogen-bond donors (Lipinski definition) is 1. The van der Waals surface area contributed by atoms with Crippen molar-refractivity contribution >= 4 is 28.5 Å². The van der Waals surface area contributed by atoms with Gasteiger partial charge in [-0.3, -0.25) is 4.79 Å². The van der Waals surface area contributed by atoms with Crippen molar-refractivity contribution in [2.24, 2.45) is 0 Å². The summed E-state index contributed by atoms with van der Waals surface area (Å²) in [5.41, 5.74) is 1.13. The number of rotatable bonds is 3. The van der Waals surface area contributed by atoms with Crippen LogP contribution in [0.4, 0.5) is 0 Å². The summed E-state index contributed by atoms with van der Waals surface area (Å²) in [6.07, 6.45) is 0. The van der Waals surface area contributed by atoms with Gasteiger partial charge in [-0.1, -0.05) is 52.9 Å². The van der Waals surface area contributed by atoms with Crippen LogP contribution < -0.4 is 5.32 Å². The number of hydrogen-bond acceptors (Lipinski definition) is 1. The molecule has 0 unspecified atom stereocenters. The maximum atomic E-state index is 10.9. The highest BCUT2D eigenvalue weighted by molar-refractivity contribution is 14.1. The summed E-state index contributed by atoms with van der Waals surface area (Å²) in [7, 11) is 0. The third-order valence-corrected chi connectivity index (χ3v) is 2.15. The first-order chi connectivity index (χ1) is 5.83. The molecule has 0 saturated heterocycles. The number of alkyl halides is 1. The molecule has 1 aromatic rings. The van der Waals surface area contributed by atoms with Crippen molar-refractivity contribution in [3.05, 3.63) is 35.9 Å². The highest BCUT2D eigenvalue weighted by atomic mass is 127. The third-order valence-electron chi connectivity index (χ3n) is 1.45. The number of nitrogens with one attached hydrogen (secondary N) is 1. The van der Waals surface area contributed by atoms with E-state index in [2.05, 4.69) is 5.32 Å². The Morgan fingerprint density at radius 2 is 2.00 bits per heavy atom. The van der Waals surface area contributed by atoms with E-state index >= 15 is 0 Å². The monoisotopic (exact) mass is 275 g/mol. The lowest BCUT2D eigenvalue weighted by Gasteiger charge is -2.01. The minimum Gasteiger partial charge on any atom is -0.351 e. The minimum absolute atomic E-state index is 0.0828. The molecule has 0 aliphatic heterocycles. The smallest absolute Gasteiger partial charge is 0.230 e. The van der Waals surface area contributed by atoms with Gasteiger partial charge in [0.1, 0.15) is 0 Å². The average Bonchev–Trinajstić information content (AvgIpc) is 2.16. The van der Waals surface area contributed by atoms with Crippen LogP contribution in [0.5, 0.6) is 0 Å². The van der Waals surface area contributed by atoms with Gasteiger partial charge < -0.3 is 5.32 Å². The van der Waals surface area contributed by atoms with Gasteiger partial charge in [-0.05, 0) is 5.56 Å². The van der Waals surface area contributed by atoms with Gasteiger partial charge in [0, 0.05) is 6.54 Å². The maximum absolute atomic E-state index is 10.9. The first-order valence-corrected chi connectivity index (χ1v) is 5.22. The van der Waals surface area contributed by atoms with Crippen LogP contribution in [-0.2, 0) is 11.3 Å². The second-order valence-corrected chi connectivity index (χ2v) is 3.16. The summed E-state index contributed by atoms with van der Waals surface area (Å²) in [5, 5.41) is 2.80. The zero-order chi connectivity index (χ0) is 8.81. The molecule has 0 heterocycles. The van der Waals surface area contributed by atoms with Gasteiger partial charge >= 0.3 is 0 Å². The predicted molar refractivity (Wildman–Crippen MR) is 57.2 cm³/mol. The number of carbonyl (C=O) groups is 1. The number of amides is 1. The van der Waals surface area contributed by atoms with E-state index < -0.39 is 0 Å². The lowest BCUT2D eigenvalue weighted by Crippen LogP contribution is -2.23. The topological polar surface area (TPSA) is 29.1 Å². The fourth-order valence-electron chi connectivity index (χ4n) is 0.844. The summed E-state index contributed by atoms with van der Waals surface area (Å²) >= 11 is 2.04. The Morgan fingerprint density at radius 1 is 1.33 bits per heavy atom. The van der Waals surface area contributed by atoms with Gasteiger partial charge in [-0.25, -0.2) is 0 Å². The van der Waals surface area contributed by atoms with Crippen LogP contribution in [0.3, 0.4) is 0 Å². The summed E-state index contributed by atoms with van der Waals surface area (Å²) in [6, 6.07) is 9.88. The van der Waals surface area contributed by atoms with Crippen LogP contribution in [0.25, 0.3) is 0 Å². The number of carbonyl (C=O) groups excluding carboxylic acids is 1. The van der Waals surface area contributed by atoms with Crippen molar-refractivity contribution in [1.29, 1.82) is 0 Å². The molecule has 1 aromatic carbocycles. The molecule has 0 radical (unpaired) electrons. The molecule has 0 spiro atoms. The molecule has 1 N–H and O–H groups in total. The van der Waals surface area contributed by atoms with E-state index in [4.69, 9.17) is 0 Å². The van der Waals surface area contributed by atoms with Crippen molar-refractivity contribution in [3.63, 3.8) is 0 Å². The first-order valence-electron chi connectivity index (χ1n) is 3.69. The van der Waals surface area contributed by atoms with E-state index in [9.17, 15) is 4.79 Å². The van der Waals surface area contributed by atoms with Crippen LogP contribution >= 0.6 is 22.6 Å². The molecule has 0 fully saturated rings. The lowest BCUT2D eigenvalue weighted by atomic mass is 10.2. The summed E-state index contributed by atoms with van der Waals surface area (Å²) in [6.45, 7) is 0.628. The summed E-state index contributed by atoms with van der Waals surface area (Å²) < 4.78 is 0.518. The van der Waals surface area contributed by atoms with Gasteiger partial charge in [-0.15, -0.1) is 0 Å². The standard InChI is InChI=1S/C9H10INO/c10-6-9(12)11-7-8-4-2-1-3-5-8/h1-5H,6-7H2,(H,11,12). The number of halogens is 1. The van der Waals surface area contributed by atoms with Crippen molar-refractivity contribution in [1.82, 2.24) is 5.32 Å². The molecule has 3 heteroatoms. The molecule has 1 amide bonds. The van der Waals surface area contributed by atoms with Crippen molar-refractivity contribution in [2.45, 2.75) is 6.54 Å². The maximum Gasteiger partial charge on any atom is 0.230 e. The van der Waals surface area contributed by atoms with Crippen molar-refractivity contribution < 1.29 is 4.79 Å². The largest absolute Gasteiger partial charge is 0.351 e. The fourth-order valence-corrected chi connectivity index (χ4v) is 1.11. The Hall–Kier alpha value is -0.580. The Morgan fingerprint density at radius 3 is 2.58 bits per heavy atom. The molecule has 0 atom stereocenters. The first kappa shape index (κ1) is 9.51. The molecule has 0 aliphatic carbocycles. The number of benzene rings is 1. The van der Waals surface area contributed by atoms with E-state index in [0.29, 0.717) is 11.0 Å². The highest BCUT2D eigenvalue weighted by Gasteiger charge is 1.96. The van der Waals surface area contributed by atoms with Crippen molar-refractivity contribution in [3.8, 4) is 0 Å². The Labute approximate surface area is 85.5 Å². The summed E-state index contributed by atoms with van der Waals surface area (Å²) in [5.74, 6) is 0.0828. The second kappa shape index (κ2) is 5.13. The third kappa shape index (κ3) is 3.21. The van der Waals surface area contributed by atoms with E-state index in [1.165, 1.54) is 0 Å². The molecule has 0 saturated carbocycles.